The van der Waals surface area contributed by atoms with Gasteiger partial charge in [-0.1, -0.05) is 17.7 Å². The second kappa shape index (κ2) is 10.4. The molecule has 1 N–H and O–H groups in total. The van der Waals surface area contributed by atoms with Gasteiger partial charge in [0.1, 0.15) is 17.2 Å². The van der Waals surface area contributed by atoms with Crippen LogP contribution in [0.4, 0.5) is 5.13 Å². The standard InChI is InChI=1S/C22H22N2O5S/c1-3-27-21(26)12-16-14-30-22(23-16)24-20(25)13-28-17-8-10-19(11-9-17)29-18-6-4-15(2)5-7-18/h4-11,14H,3,12-13H2,1-2H3,(H,23,24,25). The smallest absolute Gasteiger partial charge is 0.311 e. The van der Waals surface area contributed by atoms with Crippen LogP contribution in [0.25, 0.3) is 0 Å². The quantitative estimate of drug-likeness (QED) is 0.512. The van der Waals surface area contributed by atoms with Gasteiger partial charge < -0.3 is 14.2 Å². The number of esters is 1. The number of carbonyl (C=O) groups excluding carboxylic acids is 2. The third-order valence-electron chi connectivity index (χ3n) is 3.88. The maximum Gasteiger partial charge on any atom is 0.311 e. The molecule has 3 rings (SSSR count). The van der Waals surface area contributed by atoms with Gasteiger partial charge in [0, 0.05) is 5.38 Å². The Bertz CT molecular complexity index is 984. The predicted molar refractivity (Wildman–Crippen MR) is 114 cm³/mol. The lowest BCUT2D eigenvalue weighted by Crippen LogP contribution is -2.20. The number of thiazole rings is 1. The Morgan fingerprint density at radius 3 is 2.30 bits per heavy atom. The van der Waals surface area contributed by atoms with Crippen LogP contribution in [0.5, 0.6) is 17.2 Å². The Morgan fingerprint density at radius 1 is 1.00 bits per heavy atom. The van der Waals surface area contributed by atoms with Crippen molar-refractivity contribution >= 4 is 28.3 Å². The van der Waals surface area contributed by atoms with Crippen LogP contribution in [0.2, 0.25) is 0 Å². The topological polar surface area (TPSA) is 86.8 Å². The van der Waals surface area contributed by atoms with E-state index < -0.39 is 0 Å². The first-order chi connectivity index (χ1) is 14.5. The van der Waals surface area contributed by atoms with E-state index in [2.05, 4.69) is 10.3 Å². The number of hydrogen-bond acceptors (Lipinski definition) is 7. The number of anilines is 1. The summed E-state index contributed by atoms with van der Waals surface area (Å²) in [6.07, 6.45) is 0.0771. The second-order valence-electron chi connectivity index (χ2n) is 6.35. The number of hydrogen-bond donors (Lipinski definition) is 1. The van der Waals surface area contributed by atoms with E-state index in [-0.39, 0.29) is 24.9 Å². The monoisotopic (exact) mass is 426 g/mol. The summed E-state index contributed by atoms with van der Waals surface area (Å²) in [6.45, 7) is 3.92. The first-order valence-electron chi connectivity index (χ1n) is 9.39. The van der Waals surface area contributed by atoms with Crippen LogP contribution in [0.15, 0.2) is 53.9 Å². The van der Waals surface area contributed by atoms with Crippen molar-refractivity contribution in [1.29, 1.82) is 0 Å². The maximum atomic E-state index is 12.1. The van der Waals surface area contributed by atoms with E-state index in [9.17, 15) is 9.59 Å². The molecule has 1 amide bonds. The summed E-state index contributed by atoms with van der Waals surface area (Å²) in [6, 6.07) is 14.8. The minimum Gasteiger partial charge on any atom is -0.484 e. The largest absolute Gasteiger partial charge is 0.484 e. The fourth-order valence-electron chi connectivity index (χ4n) is 2.46. The third kappa shape index (κ3) is 6.59. The molecule has 0 aliphatic rings. The Labute approximate surface area is 178 Å². The molecule has 0 spiro atoms. The lowest BCUT2D eigenvalue weighted by molar-refractivity contribution is -0.142. The molecule has 156 valence electrons. The van der Waals surface area contributed by atoms with Crippen LogP contribution in [0, 0.1) is 6.92 Å². The lowest BCUT2D eigenvalue weighted by Gasteiger charge is -2.08. The van der Waals surface area contributed by atoms with E-state index in [1.54, 1.807) is 36.6 Å². The molecule has 0 fully saturated rings. The summed E-state index contributed by atoms with van der Waals surface area (Å²) in [4.78, 5) is 27.7. The fraction of sp³-hybridized carbons (Fsp3) is 0.227. The SMILES string of the molecule is CCOC(=O)Cc1csc(NC(=O)COc2ccc(Oc3ccc(C)cc3)cc2)n1. The second-order valence-corrected chi connectivity index (χ2v) is 7.21. The zero-order valence-corrected chi connectivity index (χ0v) is 17.5. The van der Waals surface area contributed by atoms with Gasteiger partial charge in [-0.05, 0) is 50.2 Å². The van der Waals surface area contributed by atoms with Crippen molar-refractivity contribution in [3.63, 3.8) is 0 Å². The van der Waals surface area contributed by atoms with Crippen molar-refractivity contribution in [1.82, 2.24) is 4.98 Å². The highest BCUT2D eigenvalue weighted by atomic mass is 32.1. The number of ether oxygens (including phenoxy) is 3. The molecule has 3 aromatic rings. The van der Waals surface area contributed by atoms with Gasteiger partial charge in [-0.3, -0.25) is 14.9 Å². The van der Waals surface area contributed by atoms with Gasteiger partial charge in [0.15, 0.2) is 11.7 Å². The van der Waals surface area contributed by atoms with Gasteiger partial charge in [-0.25, -0.2) is 4.98 Å². The fourth-order valence-corrected chi connectivity index (χ4v) is 3.18. The number of benzene rings is 2. The summed E-state index contributed by atoms with van der Waals surface area (Å²) in [5, 5.41) is 4.77. The highest BCUT2D eigenvalue weighted by molar-refractivity contribution is 7.13. The minimum absolute atomic E-state index is 0.0771. The van der Waals surface area contributed by atoms with Crippen LogP contribution in [-0.2, 0) is 20.7 Å². The predicted octanol–water partition coefficient (Wildman–Crippen LogP) is 4.37. The molecule has 0 aliphatic heterocycles. The Balaban J connectivity index is 1.45. The van der Waals surface area contributed by atoms with Gasteiger partial charge in [0.05, 0.1) is 18.7 Å². The molecule has 1 heterocycles. The van der Waals surface area contributed by atoms with Crippen LogP contribution < -0.4 is 14.8 Å². The summed E-state index contributed by atoms with van der Waals surface area (Å²) in [5.74, 6) is 1.28. The average molecular weight is 426 g/mol. The number of amides is 1. The first-order valence-corrected chi connectivity index (χ1v) is 10.3. The zero-order chi connectivity index (χ0) is 21.3. The molecule has 1 aromatic heterocycles. The molecule has 0 atom stereocenters. The zero-order valence-electron chi connectivity index (χ0n) is 16.7. The van der Waals surface area contributed by atoms with E-state index >= 15 is 0 Å². The van der Waals surface area contributed by atoms with E-state index in [1.807, 2.05) is 31.2 Å². The molecule has 7 nitrogen and oxygen atoms in total. The molecule has 0 saturated heterocycles. The molecule has 0 bridgehead atoms. The molecule has 0 radical (unpaired) electrons. The van der Waals surface area contributed by atoms with Crippen molar-refractivity contribution < 1.29 is 23.8 Å². The highest BCUT2D eigenvalue weighted by Gasteiger charge is 2.11. The van der Waals surface area contributed by atoms with Crippen LogP contribution in [0.3, 0.4) is 0 Å². The molecule has 0 aliphatic carbocycles. The van der Waals surface area contributed by atoms with Crippen molar-refractivity contribution in [2.75, 3.05) is 18.5 Å². The normalized spacial score (nSPS) is 10.3. The van der Waals surface area contributed by atoms with Crippen molar-refractivity contribution in [3.05, 3.63) is 65.2 Å². The molecular weight excluding hydrogens is 404 g/mol. The number of rotatable bonds is 9. The van der Waals surface area contributed by atoms with E-state index in [0.29, 0.717) is 28.9 Å². The lowest BCUT2D eigenvalue weighted by atomic mass is 10.2. The Kier molecular flexibility index (Phi) is 7.40. The van der Waals surface area contributed by atoms with Crippen LogP contribution >= 0.6 is 11.3 Å². The number of nitrogens with one attached hydrogen (secondary N) is 1. The van der Waals surface area contributed by atoms with Gasteiger partial charge in [0.2, 0.25) is 0 Å². The number of carbonyl (C=O) groups is 2. The van der Waals surface area contributed by atoms with Crippen LogP contribution in [0.1, 0.15) is 18.2 Å². The van der Waals surface area contributed by atoms with Crippen LogP contribution in [-0.4, -0.2) is 30.1 Å². The molecule has 30 heavy (non-hydrogen) atoms. The van der Waals surface area contributed by atoms with E-state index in [4.69, 9.17) is 14.2 Å². The molecule has 0 saturated carbocycles. The minimum atomic E-state index is -0.348. The van der Waals surface area contributed by atoms with Crippen molar-refractivity contribution in [3.8, 4) is 17.2 Å². The number of nitrogens with zero attached hydrogens (tertiary/aromatic N) is 1. The van der Waals surface area contributed by atoms with Gasteiger partial charge >= 0.3 is 5.97 Å². The first kappa shape index (κ1) is 21.3. The molecule has 8 heteroatoms. The Morgan fingerprint density at radius 2 is 1.63 bits per heavy atom. The van der Waals surface area contributed by atoms with Crippen molar-refractivity contribution in [2.45, 2.75) is 20.3 Å². The summed E-state index contributed by atoms with van der Waals surface area (Å²) in [7, 11) is 0. The molecular formula is C22H22N2O5S. The molecule has 2 aromatic carbocycles. The number of aryl methyl sites for hydroxylation is 1. The summed E-state index contributed by atoms with van der Waals surface area (Å²) < 4.78 is 16.1. The third-order valence-corrected chi connectivity index (χ3v) is 4.69. The Hall–Kier alpha value is -3.39. The average Bonchev–Trinajstić information content (AvgIpc) is 3.16. The maximum absolute atomic E-state index is 12.1. The van der Waals surface area contributed by atoms with Gasteiger partial charge in [0.25, 0.3) is 5.91 Å². The molecule has 0 unspecified atom stereocenters. The van der Waals surface area contributed by atoms with Crippen molar-refractivity contribution in [2.24, 2.45) is 0 Å². The van der Waals surface area contributed by atoms with E-state index in [0.717, 1.165) is 11.3 Å². The number of aromatic nitrogens is 1. The summed E-state index contributed by atoms with van der Waals surface area (Å²) >= 11 is 1.24. The van der Waals surface area contributed by atoms with Gasteiger partial charge in [-0.2, -0.15) is 0 Å². The highest BCUT2D eigenvalue weighted by Crippen LogP contribution is 2.24. The van der Waals surface area contributed by atoms with E-state index in [1.165, 1.54) is 11.3 Å². The van der Waals surface area contributed by atoms with Gasteiger partial charge in [-0.15, -0.1) is 11.3 Å². The summed E-state index contributed by atoms with van der Waals surface area (Å²) in [5.41, 5.74) is 1.72.